The Labute approximate surface area is 163 Å². The molecule has 3 heterocycles. The molecule has 0 spiro atoms. The van der Waals surface area contributed by atoms with Gasteiger partial charge in [-0.15, -0.1) is 0 Å². The van der Waals surface area contributed by atoms with Crippen molar-refractivity contribution in [3.05, 3.63) is 60.1 Å². The van der Waals surface area contributed by atoms with Crippen LogP contribution < -0.4 is 4.90 Å². The SMILES string of the molecule is O=C(c1ccccc1)N1CCN(c2ccc(-c3noc(C4CC4)n3)cn2)CC1. The molecule has 1 saturated carbocycles. The number of rotatable bonds is 4. The molecule has 7 nitrogen and oxygen atoms in total. The van der Waals surface area contributed by atoms with Crippen molar-refractivity contribution in [3.8, 4) is 11.4 Å². The lowest BCUT2D eigenvalue weighted by atomic mass is 10.2. The highest BCUT2D eigenvalue weighted by Gasteiger charge is 2.30. The third-order valence-electron chi connectivity index (χ3n) is 5.29. The van der Waals surface area contributed by atoms with E-state index in [1.165, 1.54) is 0 Å². The lowest BCUT2D eigenvalue weighted by Crippen LogP contribution is -2.49. The van der Waals surface area contributed by atoms with Gasteiger partial charge in [0.25, 0.3) is 5.91 Å². The Bertz CT molecular complexity index is 958. The summed E-state index contributed by atoms with van der Waals surface area (Å²) < 4.78 is 5.32. The van der Waals surface area contributed by atoms with E-state index in [2.05, 4.69) is 20.0 Å². The quantitative estimate of drug-likeness (QED) is 0.698. The van der Waals surface area contributed by atoms with E-state index < -0.39 is 0 Å². The molecule has 1 aromatic carbocycles. The molecule has 3 aromatic rings. The van der Waals surface area contributed by atoms with E-state index in [0.717, 1.165) is 48.8 Å². The molecular formula is C21H21N5O2. The summed E-state index contributed by atoms with van der Waals surface area (Å²) in [7, 11) is 0. The predicted octanol–water partition coefficient (Wildman–Crippen LogP) is 2.97. The summed E-state index contributed by atoms with van der Waals surface area (Å²) in [4.78, 5) is 25.7. The number of anilines is 1. The summed E-state index contributed by atoms with van der Waals surface area (Å²) in [6.07, 6.45) is 4.06. The van der Waals surface area contributed by atoms with Crippen LogP contribution in [0.25, 0.3) is 11.4 Å². The first kappa shape index (κ1) is 16.9. The summed E-state index contributed by atoms with van der Waals surface area (Å²) >= 11 is 0. The summed E-state index contributed by atoms with van der Waals surface area (Å²) in [6.45, 7) is 2.90. The summed E-state index contributed by atoms with van der Waals surface area (Å²) in [5.74, 6) is 2.77. The molecule has 5 rings (SSSR count). The van der Waals surface area contributed by atoms with Gasteiger partial charge in [0.2, 0.25) is 11.7 Å². The minimum Gasteiger partial charge on any atom is -0.353 e. The topological polar surface area (TPSA) is 75.4 Å². The fourth-order valence-electron chi connectivity index (χ4n) is 3.46. The Morgan fingerprint density at radius 2 is 1.79 bits per heavy atom. The van der Waals surface area contributed by atoms with E-state index in [0.29, 0.717) is 24.8 Å². The Morgan fingerprint density at radius 1 is 1.00 bits per heavy atom. The number of hydrogen-bond donors (Lipinski definition) is 0. The first-order valence-electron chi connectivity index (χ1n) is 9.67. The van der Waals surface area contributed by atoms with Crippen LogP contribution in [0.5, 0.6) is 0 Å². The number of carbonyl (C=O) groups excluding carboxylic acids is 1. The van der Waals surface area contributed by atoms with Gasteiger partial charge in [-0.25, -0.2) is 4.98 Å². The van der Waals surface area contributed by atoms with Crippen molar-refractivity contribution >= 4 is 11.7 Å². The monoisotopic (exact) mass is 375 g/mol. The van der Waals surface area contributed by atoms with Crippen molar-refractivity contribution in [2.24, 2.45) is 0 Å². The van der Waals surface area contributed by atoms with Crippen LogP contribution in [0.1, 0.15) is 35.0 Å². The van der Waals surface area contributed by atoms with Crippen LogP contribution in [0, 0.1) is 0 Å². The number of pyridine rings is 1. The van der Waals surface area contributed by atoms with Crippen molar-refractivity contribution in [2.45, 2.75) is 18.8 Å². The highest BCUT2D eigenvalue weighted by Crippen LogP contribution is 2.39. The second kappa shape index (κ2) is 7.07. The molecule has 1 saturated heterocycles. The Balaban J connectivity index is 1.22. The van der Waals surface area contributed by atoms with E-state index in [4.69, 9.17) is 4.52 Å². The molecule has 2 fully saturated rings. The van der Waals surface area contributed by atoms with Crippen LogP contribution >= 0.6 is 0 Å². The number of hydrogen-bond acceptors (Lipinski definition) is 6. The number of nitrogens with zero attached hydrogens (tertiary/aromatic N) is 5. The van der Waals surface area contributed by atoms with E-state index in [-0.39, 0.29) is 5.91 Å². The van der Waals surface area contributed by atoms with E-state index in [1.807, 2.05) is 47.4 Å². The van der Waals surface area contributed by atoms with Gasteiger partial charge in [-0.05, 0) is 37.1 Å². The minimum atomic E-state index is 0.0899. The molecular weight excluding hydrogens is 354 g/mol. The normalized spacial score (nSPS) is 17.0. The van der Waals surface area contributed by atoms with Gasteiger partial charge in [0.15, 0.2) is 0 Å². The van der Waals surface area contributed by atoms with Gasteiger partial charge in [-0.3, -0.25) is 4.79 Å². The maximum atomic E-state index is 12.6. The lowest BCUT2D eigenvalue weighted by molar-refractivity contribution is 0.0746. The summed E-state index contributed by atoms with van der Waals surface area (Å²) in [5, 5.41) is 4.06. The van der Waals surface area contributed by atoms with Crippen molar-refractivity contribution in [2.75, 3.05) is 31.1 Å². The molecule has 2 aromatic heterocycles. The fraction of sp³-hybridized carbons (Fsp3) is 0.333. The van der Waals surface area contributed by atoms with Gasteiger partial charge in [0, 0.05) is 49.4 Å². The second-order valence-corrected chi connectivity index (χ2v) is 7.28. The Hall–Kier alpha value is -3.22. The molecule has 0 unspecified atom stereocenters. The molecule has 0 bridgehead atoms. The Morgan fingerprint density at radius 3 is 2.46 bits per heavy atom. The number of aromatic nitrogens is 3. The molecule has 0 radical (unpaired) electrons. The minimum absolute atomic E-state index is 0.0899. The number of benzene rings is 1. The molecule has 0 atom stereocenters. The molecule has 28 heavy (non-hydrogen) atoms. The molecule has 1 aliphatic heterocycles. The fourth-order valence-corrected chi connectivity index (χ4v) is 3.46. The van der Waals surface area contributed by atoms with Crippen molar-refractivity contribution in [1.29, 1.82) is 0 Å². The summed E-state index contributed by atoms with van der Waals surface area (Å²) in [6, 6.07) is 13.4. The van der Waals surface area contributed by atoms with Crippen LogP contribution in [0.3, 0.4) is 0 Å². The molecule has 1 amide bonds. The lowest BCUT2D eigenvalue weighted by Gasteiger charge is -2.35. The van der Waals surface area contributed by atoms with Gasteiger partial charge in [0.1, 0.15) is 5.82 Å². The zero-order valence-corrected chi connectivity index (χ0v) is 15.5. The van der Waals surface area contributed by atoms with Gasteiger partial charge in [-0.2, -0.15) is 4.98 Å². The highest BCUT2D eigenvalue weighted by atomic mass is 16.5. The zero-order chi connectivity index (χ0) is 18.9. The van der Waals surface area contributed by atoms with Gasteiger partial charge >= 0.3 is 0 Å². The van der Waals surface area contributed by atoms with Crippen molar-refractivity contribution in [3.63, 3.8) is 0 Å². The second-order valence-electron chi connectivity index (χ2n) is 7.28. The number of amides is 1. The standard InChI is InChI=1S/C21H21N5O2/c27-21(16-4-2-1-3-5-16)26-12-10-25(11-13-26)18-9-8-17(14-22-18)19-23-20(28-24-19)15-6-7-15/h1-5,8-9,14-15H,6-7,10-13H2. The van der Waals surface area contributed by atoms with Crippen LogP contribution in [-0.4, -0.2) is 52.1 Å². The van der Waals surface area contributed by atoms with Gasteiger partial charge in [-0.1, -0.05) is 23.4 Å². The smallest absolute Gasteiger partial charge is 0.253 e. The van der Waals surface area contributed by atoms with Crippen LogP contribution in [0.2, 0.25) is 0 Å². The largest absolute Gasteiger partial charge is 0.353 e. The predicted molar refractivity (Wildman–Crippen MR) is 104 cm³/mol. The first-order valence-corrected chi connectivity index (χ1v) is 9.67. The molecule has 7 heteroatoms. The molecule has 1 aliphatic carbocycles. The molecule has 2 aliphatic rings. The van der Waals surface area contributed by atoms with E-state index in [1.54, 1.807) is 6.20 Å². The number of piperazine rings is 1. The van der Waals surface area contributed by atoms with E-state index >= 15 is 0 Å². The maximum Gasteiger partial charge on any atom is 0.253 e. The first-order chi connectivity index (χ1) is 13.8. The summed E-state index contributed by atoms with van der Waals surface area (Å²) in [5.41, 5.74) is 1.60. The molecule has 142 valence electrons. The van der Waals surface area contributed by atoms with Crippen LogP contribution in [0.4, 0.5) is 5.82 Å². The highest BCUT2D eigenvalue weighted by molar-refractivity contribution is 5.94. The third-order valence-corrected chi connectivity index (χ3v) is 5.29. The van der Waals surface area contributed by atoms with Crippen molar-refractivity contribution in [1.82, 2.24) is 20.0 Å². The number of carbonyl (C=O) groups is 1. The van der Waals surface area contributed by atoms with Gasteiger partial charge < -0.3 is 14.3 Å². The molecule has 0 N–H and O–H groups in total. The van der Waals surface area contributed by atoms with Crippen molar-refractivity contribution < 1.29 is 9.32 Å². The maximum absolute atomic E-state index is 12.6. The zero-order valence-electron chi connectivity index (χ0n) is 15.5. The van der Waals surface area contributed by atoms with Gasteiger partial charge in [0.05, 0.1) is 0 Å². The average molecular weight is 375 g/mol. The van der Waals surface area contributed by atoms with E-state index in [9.17, 15) is 4.79 Å². The Kier molecular flexibility index (Phi) is 4.27. The third kappa shape index (κ3) is 3.35. The van der Waals surface area contributed by atoms with Crippen LogP contribution in [-0.2, 0) is 0 Å². The average Bonchev–Trinajstić information content (AvgIpc) is 3.51. The van der Waals surface area contributed by atoms with Crippen LogP contribution in [0.15, 0.2) is 53.2 Å².